The normalized spacial score (nSPS) is 31.8. The van der Waals surface area contributed by atoms with Gasteiger partial charge in [0.25, 0.3) is 5.56 Å². The number of aromatic amines is 1. The topological polar surface area (TPSA) is 125 Å². The van der Waals surface area contributed by atoms with E-state index in [-0.39, 0.29) is 0 Å². The maximum Gasteiger partial charge on any atom is 0.330 e. The molecule has 2 heterocycles. The highest BCUT2D eigenvalue weighted by molar-refractivity contribution is 4.94. The maximum atomic E-state index is 13.1. The number of ether oxygens (including phenoxy) is 1. The van der Waals surface area contributed by atoms with E-state index in [9.17, 15) is 24.2 Å². The molecule has 1 fully saturated rings. The van der Waals surface area contributed by atoms with Gasteiger partial charge in [-0.05, 0) is 0 Å². The molecule has 0 saturated carbocycles. The Morgan fingerprint density at radius 3 is 2.61 bits per heavy atom. The van der Waals surface area contributed by atoms with Gasteiger partial charge in [-0.3, -0.25) is 14.3 Å². The third kappa shape index (κ3) is 1.97. The van der Waals surface area contributed by atoms with Crippen molar-refractivity contribution in [2.75, 3.05) is 6.61 Å². The first-order chi connectivity index (χ1) is 8.45. The fourth-order valence-electron chi connectivity index (χ4n) is 1.76. The molecule has 0 radical (unpaired) electrons. The van der Waals surface area contributed by atoms with Crippen LogP contribution in [-0.4, -0.2) is 49.8 Å². The number of aromatic nitrogens is 2. The van der Waals surface area contributed by atoms with Crippen LogP contribution < -0.4 is 11.2 Å². The second kappa shape index (κ2) is 4.61. The van der Waals surface area contributed by atoms with Crippen LogP contribution in [0.1, 0.15) is 6.23 Å². The van der Waals surface area contributed by atoms with Crippen LogP contribution in [0.4, 0.5) is 4.39 Å². The van der Waals surface area contributed by atoms with Crippen LogP contribution in [-0.2, 0) is 4.74 Å². The Morgan fingerprint density at radius 2 is 2.06 bits per heavy atom. The largest absolute Gasteiger partial charge is 0.394 e. The van der Waals surface area contributed by atoms with Gasteiger partial charge >= 0.3 is 5.69 Å². The van der Waals surface area contributed by atoms with Gasteiger partial charge in [0.2, 0.25) is 5.82 Å². The first-order valence-electron chi connectivity index (χ1n) is 5.09. The first kappa shape index (κ1) is 12.9. The molecule has 1 saturated heterocycles. The molecule has 4 N–H and O–H groups in total. The molecular weight excluding hydrogens is 254 g/mol. The Labute approximate surface area is 98.9 Å². The quantitative estimate of drug-likeness (QED) is 0.460. The molecule has 9 heteroatoms. The summed E-state index contributed by atoms with van der Waals surface area (Å²) in [4.78, 5) is 24.0. The van der Waals surface area contributed by atoms with Crippen LogP contribution in [0.25, 0.3) is 0 Å². The minimum atomic E-state index is -1.52. The summed E-state index contributed by atoms with van der Waals surface area (Å²) in [5.41, 5.74) is -2.18. The Bertz CT molecular complexity index is 555. The van der Waals surface area contributed by atoms with Crippen LogP contribution >= 0.6 is 0 Å². The van der Waals surface area contributed by atoms with E-state index in [0.717, 1.165) is 0 Å². The number of rotatable bonds is 2. The van der Waals surface area contributed by atoms with Gasteiger partial charge in [-0.25, -0.2) is 4.79 Å². The van der Waals surface area contributed by atoms with Gasteiger partial charge in [0.05, 0.1) is 12.8 Å². The molecule has 1 aromatic rings. The number of hydrogen-bond donors (Lipinski definition) is 4. The van der Waals surface area contributed by atoms with Crippen molar-refractivity contribution in [3.8, 4) is 0 Å². The molecule has 0 bridgehead atoms. The van der Waals surface area contributed by atoms with Crippen molar-refractivity contribution in [2.45, 2.75) is 24.5 Å². The van der Waals surface area contributed by atoms with Crippen molar-refractivity contribution in [1.29, 1.82) is 0 Å². The lowest BCUT2D eigenvalue weighted by molar-refractivity contribution is -0.0554. The summed E-state index contributed by atoms with van der Waals surface area (Å²) in [5.74, 6) is -1.23. The maximum absolute atomic E-state index is 13.1. The second-order valence-electron chi connectivity index (χ2n) is 3.87. The van der Waals surface area contributed by atoms with Crippen LogP contribution in [0.5, 0.6) is 0 Å². The molecule has 0 amide bonds. The Morgan fingerprint density at radius 1 is 1.39 bits per heavy atom. The third-order valence-electron chi connectivity index (χ3n) is 2.72. The fourth-order valence-corrected chi connectivity index (χ4v) is 1.76. The summed E-state index contributed by atoms with van der Waals surface area (Å²) in [6.07, 6.45) is -4.84. The third-order valence-corrected chi connectivity index (χ3v) is 2.72. The van der Waals surface area contributed by atoms with Crippen molar-refractivity contribution >= 4 is 0 Å². The van der Waals surface area contributed by atoms with Gasteiger partial charge in [0.1, 0.15) is 18.3 Å². The van der Waals surface area contributed by atoms with Crippen molar-refractivity contribution in [1.82, 2.24) is 9.55 Å². The number of hydrogen-bond acceptors (Lipinski definition) is 6. The Kier molecular flexibility index (Phi) is 3.30. The van der Waals surface area contributed by atoms with Gasteiger partial charge in [-0.2, -0.15) is 4.39 Å². The lowest BCUT2D eigenvalue weighted by Crippen LogP contribution is -2.38. The highest BCUT2D eigenvalue weighted by Crippen LogP contribution is 2.27. The van der Waals surface area contributed by atoms with Crippen molar-refractivity contribution < 1.29 is 24.4 Å². The molecule has 8 nitrogen and oxygen atoms in total. The van der Waals surface area contributed by atoms with Crippen LogP contribution in [0.15, 0.2) is 15.8 Å². The molecule has 2 rings (SSSR count). The summed E-state index contributed by atoms with van der Waals surface area (Å²) in [5, 5.41) is 28.0. The number of aliphatic hydroxyl groups excluding tert-OH is 3. The van der Waals surface area contributed by atoms with Crippen molar-refractivity contribution in [3.05, 3.63) is 32.9 Å². The van der Waals surface area contributed by atoms with E-state index >= 15 is 0 Å². The lowest BCUT2D eigenvalue weighted by atomic mass is 10.1. The molecule has 0 aliphatic carbocycles. The smallest absolute Gasteiger partial charge is 0.330 e. The molecule has 1 unspecified atom stereocenters. The van der Waals surface area contributed by atoms with Crippen LogP contribution in [0.2, 0.25) is 0 Å². The highest BCUT2D eigenvalue weighted by atomic mass is 19.1. The molecular formula is C9H11FN2O6. The average molecular weight is 265 g/mol. The summed E-state index contributed by atoms with van der Waals surface area (Å²) < 4.78 is 18.7. The number of nitrogens with zero attached hydrogens (tertiary/aromatic N) is 1. The standard InChI is InChI=1S/C9H11FN2O6/c10-3-1-12(9(17)11-7(3)16)8-6(15)5(14)4(2-13)18-8/h1,4-6,8,13-15H,2H2,(H,11,16,17)/t4-,5?,6+,8-/m0/s1/i9+1,11+1,12+1. The van der Waals surface area contributed by atoms with E-state index in [1.54, 1.807) is 4.98 Å². The minimum absolute atomic E-state index is 0.571. The van der Waals surface area contributed by atoms with E-state index < -0.39 is 48.2 Å². The summed E-state index contributed by atoms with van der Waals surface area (Å²) in [6.45, 7) is -0.574. The van der Waals surface area contributed by atoms with Crippen molar-refractivity contribution in [3.63, 3.8) is 0 Å². The molecule has 18 heavy (non-hydrogen) atoms. The molecule has 0 spiro atoms. The van der Waals surface area contributed by atoms with E-state index in [4.69, 9.17) is 9.84 Å². The van der Waals surface area contributed by atoms with Gasteiger partial charge in [0.15, 0.2) is 6.23 Å². The van der Waals surface area contributed by atoms with E-state index in [1.807, 2.05) is 0 Å². The summed E-state index contributed by atoms with van der Waals surface area (Å²) >= 11 is 0. The van der Waals surface area contributed by atoms with E-state index in [1.165, 1.54) is 0 Å². The van der Waals surface area contributed by atoms with Gasteiger partial charge < -0.3 is 20.1 Å². The summed E-state index contributed by atoms with van der Waals surface area (Å²) in [7, 11) is 0. The van der Waals surface area contributed by atoms with Crippen LogP contribution in [0, 0.1) is 5.82 Å². The highest BCUT2D eigenvalue weighted by Gasteiger charge is 2.43. The predicted octanol–water partition coefficient (Wildman–Crippen LogP) is -2.71. The zero-order valence-corrected chi connectivity index (χ0v) is 8.99. The molecule has 100 valence electrons. The SMILES string of the molecule is O=c1[15nH][13c](=O)[15n]([C@H]2O[C@@H](CO)C(O)[C@H]2O)cc1F. The molecule has 1 aliphatic heterocycles. The average Bonchev–Trinajstić information content (AvgIpc) is 2.61. The lowest BCUT2D eigenvalue weighted by Gasteiger charge is -2.16. The number of halogens is 1. The summed E-state index contributed by atoms with van der Waals surface area (Å²) in [6, 6.07) is 0. The zero-order chi connectivity index (χ0) is 13.4. The van der Waals surface area contributed by atoms with E-state index in [0.29, 0.717) is 10.8 Å². The fraction of sp³-hybridized carbons (Fsp3) is 0.556. The second-order valence-corrected chi connectivity index (χ2v) is 3.87. The number of nitrogens with one attached hydrogen (secondary N) is 1. The van der Waals surface area contributed by atoms with E-state index in [2.05, 4.69) is 0 Å². The van der Waals surface area contributed by atoms with Gasteiger partial charge in [-0.15, -0.1) is 0 Å². The predicted molar refractivity (Wildman–Crippen MR) is 54.3 cm³/mol. The molecule has 1 aliphatic rings. The Balaban J connectivity index is 2.42. The molecule has 4 atom stereocenters. The molecule has 1 aromatic heterocycles. The van der Waals surface area contributed by atoms with Gasteiger partial charge in [0, 0.05) is 0 Å². The Hall–Kier alpha value is -1.55. The minimum Gasteiger partial charge on any atom is -0.394 e. The zero-order valence-electron chi connectivity index (χ0n) is 8.99. The molecule has 0 aromatic carbocycles. The number of H-pyrrole nitrogens is 1. The van der Waals surface area contributed by atoms with Gasteiger partial charge in [-0.1, -0.05) is 0 Å². The number of aliphatic hydroxyl groups is 3. The van der Waals surface area contributed by atoms with Crippen molar-refractivity contribution in [2.24, 2.45) is 0 Å². The monoisotopic (exact) mass is 265 g/mol. The first-order valence-corrected chi connectivity index (χ1v) is 5.09. The van der Waals surface area contributed by atoms with Crippen LogP contribution in [0.3, 0.4) is 0 Å².